The van der Waals surface area contributed by atoms with Crippen LogP contribution in [0, 0.1) is 0 Å². The van der Waals surface area contributed by atoms with Gasteiger partial charge < -0.3 is 9.11 Å². The van der Waals surface area contributed by atoms with Crippen molar-refractivity contribution in [3.8, 4) is 0 Å². The number of rotatable bonds is 0. The van der Waals surface area contributed by atoms with Crippen molar-refractivity contribution in [2.24, 2.45) is 0 Å². The van der Waals surface area contributed by atoms with Crippen LogP contribution in [0.15, 0.2) is 0 Å². The molecule has 7 heavy (non-hydrogen) atoms. The largest absolute Gasteiger partial charge is 2.00 e. The first-order valence-electron chi connectivity index (χ1n) is 0.667. The second-order valence-corrected chi connectivity index (χ2v) is 1.22. The monoisotopic (exact) mass is 218 g/mol. The van der Waals surface area contributed by atoms with Gasteiger partial charge in [0, 0.05) is 10.4 Å². The molecule has 0 aromatic carbocycles. The molecule has 0 aliphatic rings. The van der Waals surface area contributed by atoms with Gasteiger partial charge in [0.05, 0.1) is 0 Å². The van der Waals surface area contributed by atoms with Gasteiger partial charge in [-0.2, -0.15) is 13.5 Å². The maximum absolute atomic E-state index is 8.52. The molecular formula is H2O4S2Sr. The number of hydrogen-bond acceptors (Lipinski definition) is 4. The van der Waals surface area contributed by atoms with Crippen molar-refractivity contribution in [1.29, 1.82) is 0 Å². The molecule has 0 rings (SSSR count). The zero-order valence-electron chi connectivity index (χ0n) is 3.25. The third kappa shape index (κ3) is 86.5. The molecule has 0 spiro atoms. The molecule has 0 aliphatic heterocycles. The molecular weight excluding hydrogens is 216 g/mol. The van der Waals surface area contributed by atoms with Crippen molar-refractivity contribution < 1.29 is 17.5 Å². The fraction of sp³-hybridized carbons (Fsp3) is 0. The molecule has 0 aromatic heterocycles. The van der Waals surface area contributed by atoms with E-state index in [1.807, 2.05) is 0 Å². The standard InChI is InChI=1S/H2O4S.H2S.Sr/c1-5(2,3)4;;/h(H2,1,2,3,4);1H2;/q;;+2/p-2. The first kappa shape index (κ1) is 15.9. The first-order valence-corrected chi connectivity index (χ1v) is 2.00. The zero-order chi connectivity index (χ0) is 4.50. The fourth-order valence-corrected chi connectivity index (χ4v) is 0. The fourth-order valence-electron chi connectivity index (χ4n) is 0. The minimum Gasteiger partial charge on any atom is -0.759 e. The molecule has 0 amide bonds. The molecule has 4 nitrogen and oxygen atoms in total. The normalized spacial score (nSPS) is 8.29. The van der Waals surface area contributed by atoms with Crippen molar-refractivity contribution in [2.45, 2.75) is 0 Å². The molecule has 40 valence electrons. The van der Waals surface area contributed by atoms with Gasteiger partial charge in [0.2, 0.25) is 0 Å². The predicted octanol–water partition coefficient (Wildman–Crippen LogP) is -1.61. The Morgan fingerprint density at radius 2 is 1.14 bits per heavy atom. The van der Waals surface area contributed by atoms with Crippen molar-refractivity contribution in [2.75, 3.05) is 0 Å². The maximum Gasteiger partial charge on any atom is 2.00 e. The smallest absolute Gasteiger partial charge is 0.759 e. The molecule has 0 heterocycles. The van der Waals surface area contributed by atoms with Gasteiger partial charge in [-0.15, -0.1) is 0 Å². The summed E-state index contributed by atoms with van der Waals surface area (Å²) in [5.41, 5.74) is 0. The van der Waals surface area contributed by atoms with Crippen molar-refractivity contribution in [1.82, 2.24) is 0 Å². The van der Waals surface area contributed by atoms with Crippen LogP contribution in [-0.2, 0) is 10.4 Å². The topological polar surface area (TPSA) is 80.3 Å². The number of hydrogen-bond donors (Lipinski definition) is 0. The Hall–Kier alpha value is 1.70. The molecule has 0 aliphatic carbocycles. The van der Waals surface area contributed by atoms with E-state index in [-0.39, 0.29) is 59.0 Å². The second-order valence-electron chi connectivity index (χ2n) is 0.408. The van der Waals surface area contributed by atoms with Crippen molar-refractivity contribution in [3.63, 3.8) is 0 Å². The average Bonchev–Trinajstić information content (AvgIpc) is 0.722. The van der Waals surface area contributed by atoms with Crippen LogP contribution in [0.1, 0.15) is 0 Å². The maximum atomic E-state index is 8.52. The van der Waals surface area contributed by atoms with Crippen LogP contribution in [-0.4, -0.2) is 63.0 Å². The molecule has 0 aromatic rings. The molecule has 0 radical (unpaired) electrons. The Kier molecular flexibility index (Phi) is 13.2. The molecule has 0 bridgehead atoms. The van der Waals surface area contributed by atoms with Crippen molar-refractivity contribution in [3.05, 3.63) is 0 Å². The summed E-state index contributed by atoms with van der Waals surface area (Å²) < 4.78 is 34.1. The van der Waals surface area contributed by atoms with E-state index in [0.29, 0.717) is 0 Å². The summed E-state index contributed by atoms with van der Waals surface area (Å²) in [6.45, 7) is 0. The van der Waals surface area contributed by atoms with Crippen LogP contribution < -0.4 is 0 Å². The summed E-state index contributed by atoms with van der Waals surface area (Å²) in [6, 6.07) is 0. The Morgan fingerprint density at radius 1 is 1.14 bits per heavy atom. The third-order valence-electron chi connectivity index (χ3n) is 0. The minimum atomic E-state index is -5.17. The van der Waals surface area contributed by atoms with Gasteiger partial charge in [0.25, 0.3) is 0 Å². The molecule has 0 unspecified atom stereocenters. The summed E-state index contributed by atoms with van der Waals surface area (Å²) in [5, 5.41) is 0. The molecule has 7 heteroatoms. The van der Waals surface area contributed by atoms with E-state index in [2.05, 4.69) is 0 Å². The summed E-state index contributed by atoms with van der Waals surface area (Å²) in [6.07, 6.45) is 0. The summed E-state index contributed by atoms with van der Waals surface area (Å²) >= 11 is 0. The van der Waals surface area contributed by atoms with Gasteiger partial charge in [0.1, 0.15) is 0 Å². The molecule has 0 saturated heterocycles. The van der Waals surface area contributed by atoms with E-state index >= 15 is 0 Å². The van der Waals surface area contributed by atoms with Crippen LogP contribution in [0.5, 0.6) is 0 Å². The van der Waals surface area contributed by atoms with E-state index in [1.54, 1.807) is 0 Å². The van der Waals surface area contributed by atoms with Crippen LogP contribution in [0.2, 0.25) is 0 Å². The Balaban J connectivity index is -0.0000000800. The second kappa shape index (κ2) is 5.83. The predicted molar refractivity (Wildman–Crippen MR) is 26.6 cm³/mol. The summed E-state index contributed by atoms with van der Waals surface area (Å²) in [4.78, 5) is 0. The SMILES string of the molecule is O=S(=O)([O-])[O-].S.[Sr+2]. The van der Waals surface area contributed by atoms with E-state index in [0.717, 1.165) is 0 Å². The zero-order valence-corrected chi connectivity index (χ0v) is 8.54. The van der Waals surface area contributed by atoms with Crippen LogP contribution in [0.25, 0.3) is 0 Å². The Morgan fingerprint density at radius 3 is 1.14 bits per heavy atom. The van der Waals surface area contributed by atoms with Crippen molar-refractivity contribution >= 4 is 69.4 Å². The first-order chi connectivity index (χ1) is 2.00. The van der Waals surface area contributed by atoms with E-state index in [4.69, 9.17) is 17.5 Å². The summed E-state index contributed by atoms with van der Waals surface area (Å²) in [7, 11) is -5.17. The molecule has 0 atom stereocenters. The van der Waals surface area contributed by atoms with Crippen LogP contribution in [0.4, 0.5) is 0 Å². The van der Waals surface area contributed by atoms with Gasteiger partial charge in [0.15, 0.2) is 0 Å². The van der Waals surface area contributed by atoms with E-state index in [1.165, 1.54) is 0 Å². The van der Waals surface area contributed by atoms with Crippen LogP contribution in [0.3, 0.4) is 0 Å². The van der Waals surface area contributed by atoms with Gasteiger partial charge in [-0.05, 0) is 0 Å². The Labute approximate surface area is 85.6 Å². The van der Waals surface area contributed by atoms with Gasteiger partial charge in [-0.1, -0.05) is 0 Å². The Bertz CT molecular complexity index is 92.9. The minimum absolute atomic E-state index is 0. The van der Waals surface area contributed by atoms with E-state index in [9.17, 15) is 0 Å². The van der Waals surface area contributed by atoms with E-state index < -0.39 is 10.4 Å². The molecule has 0 saturated carbocycles. The van der Waals surface area contributed by atoms with Gasteiger partial charge in [-0.25, -0.2) is 0 Å². The molecule has 0 fully saturated rings. The van der Waals surface area contributed by atoms with Gasteiger partial charge in [-0.3, -0.25) is 8.42 Å². The quantitative estimate of drug-likeness (QED) is 0.278. The molecule has 0 N–H and O–H groups in total. The third-order valence-corrected chi connectivity index (χ3v) is 0. The van der Waals surface area contributed by atoms with Gasteiger partial charge >= 0.3 is 45.5 Å². The average molecular weight is 218 g/mol. The summed E-state index contributed by atoms with van der Waals surface area (Å²) in [5.74, 6) is 0. The van der Waals surface area contributed by atoms with Crippen LogP contribution >= 0.6 is 13.5 Å².